The van der Waals surface area contributed by atoms with Crippen LogP contribution in [0.25, 0.3) is 0 Å². The van der Waals surface area contributed by atoms with Crippen molar-refractivity contribution in [2.75, 3.05) is 0 Å². The smallest absolute Gasteiger partial charge is 0.309 e. The molecule has 0 saturated carbocycles. The highest BCUT2D eigenvalue weighted by Gasteiger charge is 2.34. The number of hydrogen-bond donors (Lipinski definition) is 1. The number of aliphatic carboxylic acids is 1. The second-order valence-corrected chi connectivity index (χ2v) is 3.65. The van der Waals surface area contributed by atoms with Gasteiger partial charge in [0.25, 0.3) is 5.92 Å². The number of aryl methyl sites for hydroxylation is 1. The molecule has 1 aromatic carbocycles. The number of halogens is 3. The van der Waals surface area contributed by atoms with E-state index in [1.54, 1.807) is 6.92 Å². The van der Waals surface area contributed by atoms with Gasteiger partial charge in [-0.1, -0.05) is 17.7 Å². The van der Waals surface area contributed by atoms with Crippen molar-refractivity contribution in [3.05, 3.63) is 34.3 Å². The second-order valence-electron chi connectivity index (χ2n) is 3.24. The number of carbonyl (C=O) groups is 1. The Balaban J connectivity index is 3.04. The third kappa shape index (κ3) is 2.89. The van der Waals surface area contributed by atoms with E-state index in [-0.39, 0.29) is 5.56 Å². The molecule has 0 saturated heterocycles. The molecular weight excluding hydrogens is 226 g/mol. The summed E-state index contributed by atoms with van der Waals surface area (Å²) in [6, 6.07) is 3.67. The van der Waals surface area contributed by atoms with Gasteiger partial charge in [-0.3, -0.25) is 4.79 Å². The van der Waals surface area contributed by atoms with Gasteiger partial charge >= 0.3 is 5.97 Å². The lowest BCUT2D eigenvalue weighted by molar-refractivity contribution is -0.145. The minimum Gasteiger partial charge on any atom is -0.481 e. The summed E-state index contributed by atoms with van der Waals surface area (Å²) >= 11 is 5.68. The molecule has 1 N–H and O–H groups in total. The Labute approximate surface area is 90.5 Å². The summed E-state index contributed by atoms with van der Waals surface area (Å²) in [5.41, 5.74) is 0.172. The molecule has 0 radical (unpaired) electrons. The van der Waals surface area contributed by atoms with Crippen molar-refractivity contribution in [3.63, 3.8) is 0 Å². The highest BCUT2D eigenvalue weighted by atomic mass is 35.5. The van der Waals surface area contributed by atoms with Crippen LogP contribution in [0.1, 0.15) is 17.5 Å². The van der Waals surface area contributed by atoms with Crippen LogP contribution in [-0.2, 0) is 10.7 Å². The van der Waals surface area contributed by atoms with Gasteiger partial charge in [-0.25, -0.2) is 8.78 Å². The molecule has 0 bridgehead atoms. The molecule has 82 valence electrons. The van der Waals surface area contributed by atoms with Gasteiger partial charge in [0.1, 0.15) is 6.42 Å². The van der Waals surface area contributed by atoms with Gasteiger partial charge in [-0.05, 0) is 24.6 Å². The summed E-state index contributed by atoms with van der Waals surface area (Å²) in [4.78, 5) is 10.2. The zero-order chi connectivity index (χ0) is 11.6. The van der Waals surface area contributed by atoms with E-state index >= 15 is 0 Å². The average molecular weight is 235 g/mol. The topological polar surface area (TPSA) is 37.3 Å². The maximum Gasteiger partial charge on any atom is 0.309 e. The van der Waals surface area contributed by atoms with Crippen LogP contribution >= 0.6 is 11.6 Å². The van der Waals surface area contributed by atoms with Gasteiger partial charge in [0.2, 0.25) is 0 Å². The Morgan fingerprint density at radius 2 is 2.13 bits per heavy atom. The first-order valence-corrected chi connectivity index (χ1v) is 4.57. The van der Waals surface area contributed by atoms with Crippen molar-refractivity contribution in [1.82, 2.24) is 0 Å². The molecule has 1 aromatic rings. The number of alkyl halides is 2. The van der Waals surface area contributed by atoms with Gasteiger partial charge in [0, 0.05) is 10.6 Å². The van der Waals surface area contributed by atoms with Crippen LogP contribution < -0.4 is 0 Å². The van der Waals surface area contributed by atoms with E-state index in [2.05, 4.69) is 0 Å². The Kier molecular flexibility index (Phi) is 3.29. The average Bonchev–Trinajstić information content (AvgIpc) is 2.07. The fourth-order valence-corrected chi connectivity index (χ4v) is 1.28. The number of benzene rings is 1. The molecule has 0 fully saturated rings. The fraction of sp³-hybridized carbons (Fsp3) is 0.300. The van der Waals surface area contributed by atoms with E-state index in [0.29, 0.717) is 10.6 Å². The first-order chi connectivity index (χ1) is 6.83. The number of carboxylic acids is 1. The summed E-state index contributed by atoms with van der Waals surface area (Å²) < 4.78 is 26.6. The van der Waals surface area contributed by atoms with Crippen LogP contribution in [0.4, 0.5) is 8.78 Å². The highest BCUT2D eigenvalue weighted by molar-refractivity contribution is 6.31. The number of hydrogen-bond acceptors (Lipinski definition) is 1. The third-order valence-electron chi connectivity index (χ3n) is 1.95. The van der Waals surface area contributed by atoms with Gasteiger partial charge in [-0.15, -0.1) is 0 Å². The largest absolute Gasteiger partial charge is 0.481 e. The quantitative estimate of drug-likeness (QED) is 0.872. The zero-order valence-electron chi connectivity index (χ0n) is 7.93. The van der Waals surface area contributed by atoms with Gasteiger partial charge < -0.3 is 5.11 Å². The molecule has 0 heterocycles. The molecule has 0 aliphatic carbocycles. The van der Waals surface area contributed by atoms with Crippen LogP contribution in [0.2, 0.25) is 5.02 Å². The molecule has 15 heavy (non-hydrogen) atoms. The maximum absolute atomic E-state index is 13.3. The first kappa shape index (κ1) is 11.9. The molecule has 0 aliphatic rings. The van der Waals surface area contributed by atoms with Crippen molar-refractivity contribution < 1.29 is 18.7 Å². The molecule has 0 unspecified atom stereocenters. The van der Waals surface area contributed by atoms with E-state index in [1.165, 1.54) is 12.1 Å². The maximum atomic E-state index is 13.3. The Morgan fingerprint density at radius 3 is 2.60 bits per heavy atom. The monoisotopic (exact) mass is 234 g/mol. The summed E-state index contributed by atoms with van der Waals surface area (Å²) in [7, 11) is 0. The normalized spacial score (nSPS) is 11.5. The summed E-state index contributed by atoms with van der Waals surface area (Å²) in [5, 5.41) is 8.71. The predicted octanol–water partition coefficient (Wildman–Crippen LogP) is 3.21. The van der Waals surface area contributed by atoms with Crippen molar-refractivity contribution >= 4 is 17.6 Å². The Hall–Kier alpha value is -1.16. The van der Waals surface area contributed by atoms with Gasteiger partial charge in [-0.2, -0.15) is 0 Å². The Bertz CT molecular complexity index is 391. The van der Waals surface area contributed by atoms with E-state index in [1.807, 2.05) is 0 Å². The molecule has 5 heteroatoms. The molecule has 0 spiro atoms. The number of rotatable bonds is 3. The molecule has 0 aliphatic heterocycles. The lowest BCUT2D eigenvalue weighted by atomic mass is 10.0. The lowest BCUT2D eigenvalue weighted by Crippen LogP contribution is -2.18. The van der Waals surface area contributed by atoms with Crippen LogP contribution in [0.3, 0.4) is 0 Å². The van der Waals surface area contributed by atoms with Crippen molar-refractivity contribution in [2.24, 2.45) is 0 Å². The van der Waals surface area contributed by atoms with E-state index < -0.39 is 18.3 Å². The lowest BCUT2D eigenvalue weighted by Gasteiger charge is -2.15. The standard InChI is InChI=1S/C10H9ClF2O2/c1-6-4-7(2-3-8(6)11)10(12,13)5-9(14)15/h2-4H,5H2,1H3,(H,14,15). The Morgan fingerprint density at radius 1 is 1.53 bits per heavy atom. The first-order valence-electron chi connectivity index (χ1n) is 4.19. The predicted molar refractivity (Wildman–Crippen MR) is 52.3 cm³/mol. The molecule has 1 rings (SSSR count). The molecular formula is C10H9ClF2O2. The zero-order valence-corrected chi connectivity index (χ0v) is 8.68. The molecule has 0 atom stereocenters. The third-order valence-corrected chi connectivity index (χ3v) is 2.38. The van der Waals surface area contributed by atoms with E-state index in [4.69, 9.17) is 16.7 Å². The van der Waals surface area contributed by atoms with Crippen molar-refractivity contribution in [2.45, 2.75) is 19.3 Å². The summed E-state index contributed by atoms with van der Waals surface area (Å²) in [6.45, 7) is 1.59. The molecule has 0 amide bonds. The van der Waals surface area contributed by atoms with Crippen molar-refractivity contribution in [3.8, 4) is 0 Å². The molecule has 0 aromatic heterocycles. The van der Waals surface area contributed by atoms with Crippen LogP contribution in [0.5, 0.6) is 0 Å². The van der Waals surface area contributed by atoms with Crippen molar-refractivity contribution in [1.29, 1.82) is 0 Å². The van der Waals surface area contributed by atoms with Crippen LogP contribution in [-0.4, -0.2) is 11.1 Å². The van der Waals surface area contributed by atoms with Crippen LogP contribution in [0.15, 0.2) is 18.2 Å². The van der Waals surface area contributed by atoms with E-state index in [9.17, 15) is 13.6 Å². The minimum absolute atomic E-state index is 0.327. The number of carboxylic acid groups (broad SMARTS) is 1. The van der Waals surface area contributed by atoms with Gasteiger partial charge in [0.05, 0.1) is 0 Å². The highest BCUT2D eigenvalue weighted by Crippen LogP contribution is 2.33. The second kappa shape index (κ2) is 4.14. The van der Waals surface area contributed by atoms with Gasteiger partial charge in [0.15, 0.2) is 0 Å². The minimum atomic E-state index is -3.36. The molecule has 2 nitrogen and oxygen atoms in total. The summed E-state index contributed by atoms with van der Waals surface area (Å²) in [5.74, 6) is -4.89. The van der Waals surface area contributed by atoms with Crippen LogP contribution in [0, 0.1) is 6.92 Å². The van der Waals surface area contributed by atoms with E-state index in [0.717, 1.165) is 6.07 Å². The summed E-state index contributed by atoms with van der Waals surface area (Å²) in [6.07, 6.45) is -1.21. The fourth-order valence-electron chi connectivity index (χ4n) is 1.16. The SMILES string of the molecule is Cc1cc(C(F)(F)CC(=O)O)ccc1Cl.